The molecule has 1 saturated carbocycles. The Morgan fingerprint density at radius 3 is 2.87 bits per heavy atom. The predicted octanol–water partition coefficient (Wildman–Crippen LogP) is 1.14. The van der Waals surface area contributed by atoms with Gasteiger partial charge in [0.1, 0.15) is 0 Å². The molecule has 15 heavy (non-hydrogen) atoms. The summed E-state index contributed by atoms with van der Waals surface area (Å²) in [5.74, 6) is 0. The number of nitrogens with one attached hydrogen (secondary N) is 2. The minimum Gasteiger partial charge on any atom is -0.374 e. The Morgan fingerprint density at radius 1 is 1.40 bits per heavy atom. The zero-order valence-corrected chi connectivity index (χ0v) is 9.85. The molecule has 2 rings (SSSR count). The molecule has 0 spiro atoms. The molecule has 3 nitrogen and oxygen atoms in total. The van der Waals surface area contributed by atoms with Crippen LogP contribution in [0.3, 0.4) is 0 Å². The molecule has 1 aliphatic heterocycles. The van der Waals surface area contributed by atoms with Crippen molar-refractivity contribution < 1.29 is 4.74 Å². The normalized spacial score (nSPS) is 30.6. The molecule has 0 bridgehead atoms. The lowest BCUT2D eigenvalue weighted by Gasteiger charge is -2.27. The van der Waals surface area contributed by atoms with Crippen LogP contribution in [0, 0.1) is 5.41 Å². The smallest absolute Gasteiger partial charge is 0.0824 e. The third-order valence-electron chi connectivity index (χ3n) is 3.74. The van der Waals surface area contributed by atoms with Crippen molar-refractivity contribution in [2.75, 3.05) is 32.8 Å². The Kier molecular flexibility index (Phi) is 4.00. The Morgan fingerprint density at radius 2 is 2.20 bits per heavy atom. The summed E-state index contributed by atoms with van der Waals surface area (Å²) in [5, 5.41) is 6.93. The minimum atomic E-state index is 0.378. The Balaban J connectivity index is 1.61. The minimum absolute atomic E-state index is 0.378. The van der Waals surface area contributed by atoms with Crippen molar-refractivity contribution in [3.63, 3.8) is 0 Å². The highest BCUT2D eigenvalue weighted by Gasteiger charge is 2.28. The standard InChI is InChI=1S/C12H24N2O/c1-12(4-2-3-5-12)10-14-9-11-8-13-6-7-15-11/h11,13-14H,2-10H2,1H3. The maximum atomic E-state index is 5.65. The van der Waals surface area contributed by atoms with E-state index in [-0.39, 0.29) is 0 Å². The first-order valence-electron chi connectivity index (χ1n) is 6.32. The average Bonchev–Trinajstić information content (AvgIpc) is 2.67. The summed E-state index contributed by atoms with van der Waals surface area (Å²) in [5.41, 5.74) is 0.558. The summed E-state index contributed by atoms with van der Waals surface area (Å²) in [6.07, 6.45) is 6.00. The van der Waals surface area contributed by atoms with E-state index in [1.165, 1.54) is 25.7 Å². The molecule has 0 aromatic heterocycles. The molecule has 1 saturated heterocycles. The van der Waals surface area contributed by atoms with Crippen LogP contribution in [0.25, 0.3) is 0 Å². The van der Waals surface area contributed by atoms with E-state index in [0.29, 0.717) is 11.5 Å². The van der Waals surface area contributed by atoms with Gasteiger partial charge in [-0.3, -0.25) is 0 Å². The maximum Gasteiger partial charge on any atom is 0.0824 e. The van der Waals surface area contributed by atoms with Gasteiger partial charge >= 0.3 is 0 Å². The summed E-state index contributed by atoms with van der Waals surface area (Å²) in [7, 11) is 0. The highest BCUT2D eigenvalue weighted by molar-refractivity contribution is 4.83. The summed E-state index contributed by atoms with van der Waals surface area (Å²) >= 11 is 0. The fourth-order valence-corrected chi connectivity index (χ4v) is 2.69. The molecular formula is C12H24N2O. The zero-order chi connectivity index (χ0) is 10.6. The lowest BCUT2D eigenvalue weighted by molar-refractivity contribution is 0.0278. The van der Waals surface area contributed by atoms with Crippen molar-refractivity contribution in [1.29, 1.82) is 0 Å². The number of rotatable bonds is 4. The van der Waals surface area contributed by atoms with E-state index in [9.17, 15) is 0 Å². The monoisotopic (exact) mass is 212 g/mol. The van der Waals surface area contributed by atoms with Gasteiger partial charge in [-0.05, 0) is 18.3 Å². The number of hydrogen-bond donors (Lipinski definition) is 2. The van der Waals surface area contributed by atoms with Gasteiger partial charge in [-0.15, -0.1) is 0 Å². The van der Waals surface area contributed by atoms with E-state index in [4.69, 9.17) is 4.74 Å². The van der Waals surface area contributed by atoms with E-state index in [1.54, 1.807) is 0 Å². The highest BCUT2D eigenvalue weighted by atomic mass is 16.5. The molecule has 1 aliphatic carbocycles. The Labute approximate surface area is 93.0 Å². The molecule has 0 amide bonds. The van der Waals surface area contributed by atoms with Gasteiger partial charge in [0.15, 0.2) is 0 Å². The molecule has 0 aromatic rings. The summed E-state index contributed by atoms with van der Waals surface area (Å²) in [4.78, 5) is 0. The predicted molar refractivity (Wildman–Crippen MR) is 62.1 cm³/mol. The van der Waals surface area contributed by atoms with E-state index in [1.807, 2.05) is 0 Å². The summed E-state index contributed by atoms with van der Waals surface area (Å²) in [6.45, 7) is 7.45. The SMILES string of the molecule is CC1(CNCC2CNCCO2)CCCC1. The van der Waals surface area contributed by atoms with Gasteiger partial charge < -0.3 is 15.4 Å². The van der Waals surface area contributed by atoms with Crippen LogP contribution < -0.4 is 10.6 Å². The van der Waals surface area contributed by atoms with Crippen molar-refractivity contribution in [2.24, 2.45) is 5.41 Å². The zero-order valence-electron chi connectivity index (χ0n) is 9.85. The molecule has 1 heterocycles. The Bertz CT molecular complexity index is 184. The number of ether oxygens (including phenoxy) is 1. The number of hydrogen-bond acceptors (Lipinski definition) is 3. The van der Waals surface area contributed by atoms with Crippen LogP contribution in [-0.4, -0.2) is 38.9 Å². The fourth-order valence-electron chi connectivity index (χ4n) is 2.69. The molecule has 2 fully saturated rings. The van der Waals surface area contributed by atoms with Crippen LogP contribution in [-0.2, 0) is 4.74 Å². The van der Waals surface area contributed by atoms with E-state index in [2.05, 4.69) is 17.6 Å². The van der Waals surface area contributed by atoms with Gasteiger partial charge in [-0.1, -0.05) is 19.8 Å². The fraction of sp³-hybridized carbons (Fsp3) is 1.00. The van der Waals surface area contributed by atoms with Crippen LogP contribution in [0.5, 0.6) is 0 Å². The largest absolute Gasteiger partial charge is 0.374 e. The van der Waals surface area contributed by atoms with Gasteiger partial charge in [0.05, 0.1) is 12.7 Å². The first-order chi connectivity index (χ1) is 7.29. The Hall–Kier alpha value is -0.120. The second kappa shape index (κ2) is 5.28. The maximum absolute atomic E-state index is 5.65. The molecule has 88 valence electrons. The second-order valence-corrected chi connectivity index (χ2v) is 5.35. The summed E-state index contributed by atoms with van der Waals surface area (Å²) in [6, 6.07) is 0. The highest BCUT2D eigenvalue weighted by Crippen LogP contribution is 2.36. The van der Waals surface area contributed by atoms with E-state index in [0.717, 1.165) is 32.8 Å². The lowest BCUT2D eigenvalue weighted by Crippen LogP contribution is -2.45. The third kappa shape index (κ3) is 3.44. The molecule has 0 aromatic carbocycles. The van der Waals surface area contributed by atoms with E-state index < -0.39 is 0 Å². The van der Waals surface area contributed by atoms with Crippen LogP contribution >= 0.6 is 0 Å². The van der Waals surface area contributed by atoms with Crippen LogP contribution in [0.2, 0.25) is 0 Å². The average molecular weight is 212 g/mol. The van der Waals surface area contributed by atoms with Crippen molar-refractivity contribution in [3.05, 3.63) is 0 Å². The first kappa shape index (κ1) is 11.4. The lowest BCUT2D eigenvalue weighted by atomic mass is 9.89. The molecule has 3 heteroatoms. The third-order valence-corrected chi connectivity index (χ3v) is 3.74. The quantitative estimate of drug-likeness (QED) is 0.733. The van der Waals surface area contributed by atoms with Gasteiger partial charge in [-0.25, -0.2) is 0 Å². The van der Waals surface area contributed by atoms with Crippen LogP contribution in [0.4, 0.5) is 0 Å². The van der Waals surface area contributed by atoms with Crippen molar-refractivity contribution >= 4 is 0 Å². The first-order valence-corrected chi connectivity index (χ1v) is 6.32. The van der Waals surface area contributed by atoms with Gasteiger partial charge in [0.2, 0.25) is 0 Å². The van der Waals surface area contributed by atoms with Gasteiger partial charge in [0.25, 0.3) is 0 Å². The molecule has 2 N–H and O–H groups in total. The molecule has 0 radical (unpaired) electrons. The van der Waals surface area contributed by atoms with Crippen LogP contribution in [0.15, 0.2) is 0 Å². The molecule has 1 unspecified atom stereocenters. The van der Waals surface area contributed by atoms with Crippen molar-refractivity contribution in [1.82, 2.24) is 10.6 Å². The van der Waals surface area contributed by atoms with Gasteiger partial charge in [0, 0.05) is 26.2 Å². The second-order valence-electron chi connectivity index (χ2n) is 5.35. The van der Waals surface area contributed by atoms with Crippen molar-refractivity contribution in [3.8, 4) is 0 Å². The molecule has 1 atom stereocenters. The molecule has 2 aliphatic rings. The van der Waals surface area contributed by atoms with Gasteiger partial charge in [-0.2, -0.15) is 0 Å². The van der Waals surface area contributed by atoms with E-state index >= 15 is 0 Å². The summed E-state index contributed by atoms with van der Waals surface area (Å²) < 4.78 is 5.65. The van der Waals surface area contributed by atoms with Crippen molar-refractivity contribution in [2.45, 2.75) is 38.7 Å². The molecular weight excluding hydrogens is 188 g/mol. The van der Waals surface area contributed by atoms with Crippen LogP contribution in [0.1, 0.15) is 32.6 Å². The topological polar surface area (TPSA) is 33.3 Å². The number of morpholine rings is 1.